The molecule has 0 saturated carbocycles. The van der Waals surface area contributed by atoms with E-state index in [4.69, 9.17) is 21.1 Å². The maximum Gasteiger partial charge on any atom is 0.264 e. The fourth-order valence-electron chi connectivity index (χ4n) is 3.13. The standard InChI is InChI=1S/C22H21ClFNO4S/c1-15(16-4-6-17(23)7-5-16)25(19-10-13-21(28-2)22(14-19)29-3)30(26,27)20-11-8-18(24)9-12-20/h4-15H,1-3H3/t15-/m1/s1. The summed E-state index contributed by atoms with van der Waals surface area (Å²) in [6, 6.07) is 15.9. The number of nitrogens with zero attached hydrogens (tertiary/aromatic N) is 1. The van der Waals surface area contributed by atoms with Crippen molar-refractivity contribution in [2.45, 2.75) is 17.9 Å². The molecule has 0 aromatic heterocycles. The average Bonchev–Trinajstić information content (AvgIpc) is 2.74. The molecule has 0 aliphatic heterocycles. The van der Waals surface area contributed by atoms with Gasteiger partial charge in [-0.05, 0) is 61.0 Å². The fourth-order valence-corrected chi connectivity index (χ4v) is 4.89. The van der Waals surface area contributed by atoms with Gasteiger partial charge in [-0.1, -0.05) is 23.7 Å². The minimum Gasteiger partial charge on any atom is -0.493 e. The van der Waals surface area contributed by atoms with Crippen molar-refractivity contribution in [3.63, 3.8) is 0 Å². The Bertz CT molecular complexity index is 1120. The third-order valence-corrected chi connectivity index (χ3v) is 6.86. The highest BCUT2D eigenvalue weighted by Crippen LogP contribution is 2.38. The second-order valence-corrected chi connectivity index (χ2v) is 8.77. The van der Waals surface area contributed by atoms with E-state index in [2.05, 4.69) is 0 Å². The largest absolute Gasteiger partial charge is 0.493 e. The Morgan fingerprint density at radius 1 is 0.900 bits per heavy atom. The molecule has 158 valence electrons. The summed E-state index contributed by atoms with van der Waals surface area (Å²) in [6.45, 7) is 1.76. The van der Waals surface area contributed by atoms with Crippen molar-refractivity contribution in [3.05, 3.63) is 83.1 Å². The lowest BCUT2D eigenvalue weighted by Gasteiger charge is -2.31. The van der Waals surface area contributed by atoms with Crippen molar-refractivity contribution in [2.24, 2.45) is 0 Å². The van der Waals surface area contributed by atoms with Gasteiger partial charge >= 0.3 is 0 Å². The Morgan fingerprint density at radius 3 is 2.07 bits per heavy atom. The molecule has 0 radical (unpaired) electrons. The first kappa shape index (κ1) is 21.9. The quantitative estimate of drug-likeness (QED) is 0.481. The van der Waals surface area contributed by atoms with E-state index in [9.17, 15) is 12.8 Å². The maximum atomic E-state index is 13.6. The van der Waals surface area contributed by atoms with Crippen molar-refractivity contribution in [2.75, 3.05) is 18.5 Å². The molecule has 3 aromatic rings. The summed E-state index contributed by atoms with van der Waals surface area (Å²) < 4.78 is 52.4. The summed E-state index contributed by atoms with van der Waals surface area (Å²) in [6.07, 6.45) is 0. The van der Waals surface area contributed by atoms with E-state index in [-0.39, 0.29) is 4.90 Å². The molecule has 3 aromatic carbocycles. The third kappa shape index (κ3) is 4.37. The monoisotopic (exact) mass is 449 g/mol. The first-order valence-electron chi connectivity index (χ1n) is 9.05. The van der Waals surface area contributed by atoms with Crippen LogP contribution in [0.25, 0.3) is 0 Å². The highest BCUT2D eigenvalue weighted by atomic mass is 35.5. The van der Waals surface area contributed by atoms with Crippen molar-refractivity contribution >= 4 is 27.3 Å². The van der Waals surface area contributed by atoms with Gasteiger partial charge in [-0.3, -0.25) is 4.31 Å². The van der Waals surface area contributed by atoms with Crippen molar-refractivity contribution in [3.8, 4) is 11.5 Å². The van der Waals surface area contributed by atoms with Crippen LogP contribution in [-0.4, -0.2) is 22.6 Å². The van der Waals surface area contributed by atoms with Crippen LogP contribution in [0.3, 0.4) is 0 Å². The number of halogens is 2. The molecule has 0 saturated heterocycles. The van der Waals surface area contributed by atoms with E-state index < -0.39 is 21.9 Å². The van der Waals surface area contributed by atoms with Gasteiger partial charge in [0.05, 0.1) is 30.8 Å². The van der Waals surface area contributed by atoms with Gasteiger partial charge in [0.1, 0.15) is 5.82 Å². The Balaban J connectivity index is 2.18. The van der Waals surface area contributed by atoms with E-state index in [1.165, 1.54) is 30.7 Å². The summed E-state index contributed by atoms with van der Waals surface area (Å²) in [5.74, 6) is 0.342. The molecule has 30 heavy (non-hydrogen) atoms. The van der Waals surface area contributed by atoms with Crippen LogP contribution in [0.4, 0.5) is 10.1 Å². The number of hydrogen-bond acceptors (Lipinski definition) is 4. The van der Waals surface area contributed by atoms with Gasteiger partial charge in [0.25, 0.3) is 10.0 Å². The first-order valence-corrected chi connectivity index (χ1v) is 10.9. The molecule has 0 aliphatic rings. The highest BCUT2D eigenvalue weighted by Gasteiger charge is 2.31. The van der Waals surface area contributed by atoms with E-state index >= 15 is 0 Å². The number of hydrogen-bond donors (Lipinski definition) is 0. The molecule has 0 fully saturated rings. The predicted molar refractivity (Wildman–Crippen MR) is 115 cm³/mol. The molecule has 0 spiro atoms. The van der Waals surface area contributed by atoms with Crippen LogP contribution >= 0.6 is 11.6 Å². The molecule has 0 N–H and O–H groups in total. The maximum absolute atomic E-state index is 13.6. The van der Waals surface area contributed by atoms with E-state index in [1.54, 1.807) is 49.4 Å². The van der Waals surface area contributed by atoms with Crippen molar-refractivity contribution in [1.29, 1.82) is 0 Å². The number of anilines is 1. The van der Waals surface area contributed by atoms with Crippen molar-refractivity contribution in [1.82, 2.24) is 0 Å². The van der Waals surface area contributed by atoms with E-state index in [1.807, 2.05) is 0 Å². The Labute approximate surface area is 180 Å². The number of benzene rings is 3. The molecule has 0 bridgehead atoms. The van der Waals surface area contributed by atoms with Crippen LogP contribution < -0.4 is 13.8 Å². The molecule has 3 rings (SSSR count). The minimum atomic E-state index is -4.04. The molecule has 0 unspecified atom stereocenters. The van der Waals surface area contributed by atoms with Gasteiger partial charge in [0, 0.05) is 11.1 Å². The second kappa shape index (κ2) is 8.93. The van der Waals surface area contributed by atoms with Gasteiger partial charge < -0.3 is 9.47 Å². The Hall–Kier alpha value is -2.77. The van der Waals surface area contributed by atoms with Crippen LogP contribution in [-0.2, 0) is 10.0 Å². The van der Waals surface area contributed by atoms with Crippen LogP contribution in [0.15, 0.2) is 71.6 Å². The van der Waals surface area contributed by atoms with Gasteiger partial charge in [0.2, 0.25) is 0 Å². The predicted octanol–water partition coefficient (Wildman–Crippen LogP) is 5.45. The Morgan fingerprint density at radius 2 is 1.50 bits per heavy atom. The summed E-state index contributed by atoms with van der Waals surface area (Å²) in [5.41, 5.74) is 1.11. The topological polar surface area (TPSA) is 55.8 Å². The molecular weight excluding hydrogens is 429 g/mol. The van der Waals surface area contributed by atoms with Crippen LogP contribution in [0, 0.1) is 5.82 Å². The van der Waals surface area contributed by atoms with E-state index in [0.29, 0.717) is 22.2 Å². The second-order valence-electron chi connectivity index (χ2n) is 6.52. The molecular formula is C22H21ClFNO4S. The Kier molecular flexibility index (Phi) is 6.53. The molecule has 5 nitrogen and oxygen atoms in total. The van der Waals surface area contributed by atoms with Crippen LogP contribution in [0.5, 0.6) is 11.5 Å². The summed E-state index contributed by atoms with van der Waals surface area (Å²) in [4.78, 5) is -0.0282. The number of rotatable bonds is 7. The summed E-state index contributed by atoms with van der Waals surface area (Å²) in [5, 5.41) is 0.546. The molecule has 1 atom stereocenters. The number of ether oxygens (including phenoxy) is 2. The number of sulfonamides is 1. The highest BCUT2D eigenvalue weighted by molar-refractivity contribution is 7.92. The van der Waals surface area contributed by atoms with Crippen molar-refractivity contribution < 1.29 is 22.3 Å². The summed E-state index contributed by atoms with van der Waals surface area (Å²) in [7, 11) is -1.06. The lowest BCUT2D eigenvalue weighted by Crippen LogP contribution is -2.33. The normalized spacial score (nSPS) is 12.3. The van der Waals surface area contributed by atoms with Crippen LogP contribution in [0.1, 0.15) is 18.5 Å². The lowest BCUT2D eigenvalue weighted by atomic mass is 10.1. The third-order valence-electron chi connectivity index (χ3n) is 4.70. The zero-order chi connectivity index (χ0) is 21.9. The van der Waals surface area contributed by atoms with Gasteiger partial charge in [-0.15, -0.1) is 0 Å². The smallest absolute Gasteiger partial charge is 0.264 e. The molecule has 0 amide bonds. The fraction of sp³-hybridized carbons (Fsp3) is 0.182. The van der Waals surface area contributed by atoms with Gasteiger partial charge in [-0.2, -0.15) is 0 Å². The lowest BCUT2D eigenvalue weighted by molar-refractivity contribution is 0.355. The summed E-state index contributed by atoms with van der Waals surface area (Å²) >= 11 is 5.99. The molecule has 0 aliphatic carbocycles. The first-order chi connectivity index (χ1) is 14.3. The number of methoxy groups -OCH3 is 2. The van der Waals surface area contributed by atoms with Gasteiger partial charge in [0.15, 0.2) is 11.5 Å². The molecule has 0 heterocycles. The average molecular weight is 450 g/mol. The SMILES string of the molecule is COc1ccc(N([C@H](C)c2ccc(Cl)cc2)S(=O)(=O)c2ccc(F)cc2)cc1OC. The zero-order valence-corrected chi connectivity index (χ0v) is 18.2. The minimum absolute atomic E-state index is 0.0282. The molecule has 8 heteroatoms. The van der Waals surface area contributed by atoms with Gasteiger partial charge in [-0.25, -0.2) is 12.8 Å². The zero-order valence-electron chi connectivity index (χ0n) is 16.7. The van der Waals surface area contributed by atoms with Crippen LogP contribution in [0.2, 0.25) is 5.02 Å². The van der Waals surface area contributed by atoms with E-state index in [0.717, 1.165) is 17.7 Å².